The van der Waals surface area contributed by atoms with Crippen molar-refractivity contribution in [3.63, 3.8) is 0 Å². The highest BCUT2D eigenvalue weighted by Gasteiger charge is 2.44. The molecule has 0 aliphatic carbocycles. The van der Waals surface area contributed by atoms with Crippen molar-refractivity contribution in [2.24, 2.45) is 0 Å². The number of carboxylic acids is 1. The maximum Gasteiger partial charge on any atom is 0.230 e. The van der Waals surface area contributed by atoms with Crippen molar-refractivity contribution in [3.8, 4) is 0 Å². The smallest absolute Gasteiger partial charge is 0.230 e. The summed E-state index contributed by atoms with van der Waals surface area (Å²) < 4.78 is 3.35. The number of rotatable bonds is 6. The van der Waals surface area contributed by atoms with E-state index in [4.69, 9.17) is 0 Å². The van der Waals surface area contributed by atoms with Gasteiger partial charge in [0.2, 0.25) is 11.8 Å². The highest BCUT2D eigenvalue weighted by Crippen LogP contribution is 2.39. The minimum absolute atomic E-state index is 0.0645. The number of β-lactam (4-membered cyclic amide) rings is 1. The van der Waals surface area contributed by atoms with Gasteiger partial charge < -0.3 is 20.3 Å². The van der Waals surface area contributed by atoms with Crippen LogP contribution in [-0.2, 0) is 27.5 Å². The predicted octanol–water partition coefficient (Wildman–Crippen LogP) is -1.96. The van der Waals surface area contributed by atoms with Crippen molar-refractivity contribution in [3.05, 3.63) is 23.5 Å². The van der Waals surface area contributed by atoms with E-state index in [9.17, 15) is 24.6 Å². The highest BCUT2D eigenvalue weighted by molar-refractivity contribution is 8.00. The standard InChI is InChI=1S/C15H18N4O5S/c1-9(21)16-11-2-3-17(18(11)4-5-20)7-10-8-25-13-6-12(22)19(13)14(10)15(23)24/h2-3,13,20H,4-8H2,1H3,(H,23,24)/t13-/m1/s1. The van der Waals surface area contributed by atoms with E-state index in [-0.39, 0.29) is 42.6 Å². The first-order chi connectivity index (χ1) is 11.9. The van der Waals surface area contributed by atoms with Crippen LogP contribution in [0.5, 0.6) is 0 Å². The first-order valence-electron chi connectivity index (χ1n) is 7.77. The van der Waals surface area contributed by atoms with E-state index in [1.807, 2.05) is 0 Å². The molecule has 134 valence electrons. The highest BCUT2D eigenvalue weighted by atomic mass is 32.2. The molecule has 0 unspecified atom stereocenters. The number of aliphatic hydroxyl groups is 1. The number of amides is 2. The van der Waals surface area contributed by atoms with E-state index in [1.165, 1.54) is 23.6 Å². The van der Waals surface area contributed by atoms with E-state index in [1.54, 1.807) is 21.6 Å². The molecule has 25 heavy (non-hydrogen) atoms. The van der Waals surface area contributed by atoms with E-state index in [2.05, 4.69) is 5.32 Å². The Morgan fingerprint density at radius 1 is 1.52 bits per heavy atom. The van der Waals surface area contributed by atoms with Gasteiger partial charge in [-0.15, -0.1) is 21.1 Å². The van der Waals surface area contributed by atoms with Gasteiger partial charge in [-0.2, -0.15) is 0 Å². The summed E-state index contributed by atoms with van der Waals surface area (Å²) in [7, 11) is 0. The minimum atomic E-state index is -1.36. The van der Waals surface area contributed by atoms with Gasteiger partial charge in [0.1, 0.15) is 6.54 Å². The summed E-state index contributed by atoms with van der Waals surface area (Å²) in [5.74, 6) is -0.857. The van der Waals surface area contributed by atoms with Gasteiger partial charge in [-0.1, -0.05) is 0 Å². The zero-order valence-corrected chi connectivity index (χ0v) is 14.4. The van der Waals surface area contributed by atoms with Crippen LogP contribution in [0.25, 0.3) is 0 Å². The van der Waals surface area contributed by atoms with Gasteiger partial charge in [0, 0.05) is 18.2 Å². The van der Waals surface area contributed by atoms with Crippen molar-refractivity contribution in [2.75, 3.05) is 17.7 Å². The van der Waals surface area contributed by atoms with Crippen LogP contribution in [0.15, 0.2) is 23.5 Å². The predicted molar refractivity (Wildman–Crippen MR) is 85.8 cm³/mol. The Balaban J connectivity index is 1.93. The van der Waals surface area contributed by atoms with Crippen LogP contribution in [0.1, 0.15) is 13.3 Å². The summed E-state index contributed by atoms with van der Waals surface area (Å²) in [5, 5.41) is 23.4. The summed E-state index contributed by atoms with van der Waals surface area (Å²) in [6, 6.07) is 1.67. The molecule has 0 spiro atoms. The number of thioether (sulfide) groups is 1. The van der Waals surface area contributed by atoms with Gasteiger partial charge in [0.15, 0.2) is 18.6 Å². The molecular weight excluding hydrogens is 348 g/mol. The fourth-order valence-corrected chi connectivity index (χ4v) is 4.27. The van der Waals surface area contributed by atoms with Crippen LogP contribution >= 0.6 is 11.8 Å². The molecule has 0 bridgehead atoms. The molecule has 2 N–H and O–H groups in total. The van der Waals surface area contributed by atoms with Gasteiger partial charge in [-0.25, -0.2) is 0 Å². The Morgan fingerprint density at radius 2 is 2.28 bits per heavy atom. The first kappa shape index (κ1) is 17.5. The summed E-state index contributed by atoms with van der Waals surface area (Å²) in [4.78, 5) is 35.9. The van der Waals surface area contributed by atoms with Crippen LogP contribution in [0, 0.1) is 0 Å². The zero-order valence-electron chi connectivity index (χ0n) is 13.6. The number of nitrogens with one attached hydrogen (secondary N) is 1. The van der Waals surface area contributed by atoms with Crippen molar-refractivity contribution in [1.82, 2.24) is 9.58 Å². The third-order valence-electron chi connectivity index (χ3n) is 4.09. The molecule has 3 heterocycles. The molecule has 2 aliphatic heterocycles. The molecule has 0 saturated carbocycles. The van der Waals surface area contributed by atoms with Crippen molar-refractivity contribution in [2.45, 2.75) is 31.8 Å². The number of nitrogens with zero attached hydrogens (tertiary/aromatic N) is 3. The second-order valence-electron chi connectivity index (χ2n) is 5.80. The average Bonchev–Trinajstić information content (AvgIpc) is 2.89. The van der Waals surface area contributed by atoms with E-state index in [0.29, 0.717) is 23.6 Å². The Morgan fingerprint density at radius 3 is 2.88 bits per heavy atom. The number of carbonyl (C=O) groups is 3. The van der Waals surface area contributed by atoms with E-state index < -0.39 is 5.97 Å². The van der Waals surface area contributed by atoms with Crippen LogP contribution in [0.3, 0.4) is 0 Å². The Labute approximate surface area is 147 Å². The summed E-state index contributed by atoms with van der Waals surface area (Å²) >= 11 is 1.52. The van der Waals surface area contributed by atoms with Gasteiger partial charge >= 0.3 is 0 Å². The number of carboxylic acid groups (broad SMARTS) is 1. The number of aromatic nitrogens is 2. The molecular formula is C15H18N4O5S. The fourth-order valence-electron chi connectivity index (χ4n) is 3.01. The number of fused-ring (bicyclic) bond motifs is 1. The molecule has 1 atom stereocenters. The Hall–Kier alpha value is -2.33. The second-order valence-corrected chi connectivity index (χ2v) is 6.97. The number of anilines is 1. The van der Waals surface area contributed by atoms with Crippen LogP contribution < -0.4 is 15.1 Å². The van der Waals surface area contributed by atoms with Crippen molar-refractivity contribution >= 4 is 35.4 Å². The molecule has 1 fully saturated rings. The van der Waals surface area contributed by atoms with E-state index in [0.717, 1.165) is 0 Å². The van der Waals surface area contributed by atoms with Crippen molar-refractivity contribution < 1.29 is 29.3 Å². The number of aliphatic carboxylic acids is 1. The fraction of sp³-hybridized carbons (Fsp3) is 0.467. The molecule has 1 aromatic rings. The third kappa shape index (κ3) is 3.27. The molecule has 0 aromatic carbocycles. The monoisotopic (exact) mass is 366 g/mol. The maximum absolute atomic E-state index is 11.8. The number of aliphatic hydroxyl groups excluding tert-OH is 1. The Kier molecular flexibility index (Phi) is 4.82. The van der Waals surface area contributed by atoms with Crippen LogP contribution in [0.2, 0.25) is 0 Å². The number of hydrogen-bond donors (Lipinski definition) is 2. The first-order valence-corrected chi connectivity index (χ1v) is 8.82. The summed E-state index contributed by atoms with van der Waals surface area (Å²) in [6.45, 7) is 1.68. The van der Waals surface area contributed by atoms with Gasteiger partial charge in [0.25, 0.3) is 0 Å². The maximum atomic E-state index is 11.8. The molecule has 9 nitrogen and oxygen atoms in total. The van der Waals surface area contributed by atoms with E-state index >= 15 is 0 Å². The zero-order chi connectivity index (χ0) is 18.1. The quantitative estimate of drug-likeness (QED) is 0.446. The lowest BCUT2D eigenvalue weighted by Crippen LogP contribution is -2.57. The normalized spacial score (nSPS) is 19.5. The minimum Gasteiger partial charge on any atom is -0.543 e. The average molecular weight is 366 g/mol. The van der Waals surface area contributed by atoms with Gasteiger partial charge in [0.05, 0.1) is 36.1 Å². The summed E-state index contributed by atoms with van der Waals surface area (Å²) in [5.41, 5.74) is 0.497. The van der Waals surface area contributed by atoms with Gasteiger partial charge in [-0.3, -0.25) is 14.5 Å². The Bertz CT molecular complexity index is 772. The topological polar surface area (TPSA) is 119 Å². The van der Waals surface area contributed by atoms with Crippen molar-refractivity contribution in [1.29, 1.82) is 0 Å². The third-order valence-corrected chi connectivity index (χ3v) is 5.36. The molecule has 2 aliphatic rings. The second kappa shape index (κ2) is 6.89. The van der Waals surface area contributed by atoms with Crippen LogP contribution in [0.4, 0.5) is 5.82 Å². The molecule has 1 aromatic heterocycles. The molecule has 1 saturated heterocycles. The lowest BCUT2D eigenvalue weighted by atomic mass is 10.1. The largest absolute Gasteiger partial charge is 0.543 e. The lowest BCUT2D eigenvalue weighted by molar-refractivity contribution is -0.767. The molecule has 3 rings (SSSR count). The SMILES string of the molecule is CC(=O)Nc1cc[n+](CC2=C(C(=O)[O-])N3C(=O)C[C@H]3SC2)n1CCO. The number of carbonyl (C=O) groups excluding carboxylic acids is 3. The molecule has 10 heteroatoms. The van der Waals surface area contributed by atoms with Gasteiger partial charge in [-0.05, 0) is 0 Å². The summed E-state index contributed by atoms with van der Waals surface area (Å²) in [6.07, 6.45) is 2.03. The molecule has 2 amide bonds. The number of hydrogen-bond acceptors (Lipinski definition) is 6. The van der Waals surface area contributed by atoms with Crippen LogP contribution in [-0.4, -0.2) is 50.2 Å². The molecule has 0 radical (unpaired) electrons. The lowest BCUT2D eigenvalue weighted by Gasteiger charge is -2.45.